The molecule has 0 radical (unpaired) electrons. The molecule has 18 heavy (non-hydrogen) atoms. The predicted molar refractivity (Wildman–Crippen MR) is 77.8 cm³/mol. The zero-order valence-electron chi connectivity index (χ0n) is 12.6. The molecular weight excluding hydrogens is 248 g/mol. The molecule has 108 valence electrons. The highest BCUT2D eigenvalue weighted by atomic mass is 35.5. The molecule has 0 saturated carbocycles. The van der Waals surface area contributed by atoms with Gasteiger partial charge in [-0.3, -0.25) is 0 Å². The Hall–Kier alpha value is 0.170. The maximum atomic E-state index is 6.49. The summed E-state index contributed by atoms with van der Waals surface area (Å²) in [6.45, 7) is 15.1. The van der Waals surface area contributed by atoms with E-state index >= 15 is 0 Å². The van der Waals surface area contributed by atoms with E-state index in [1.807, 2.05) is 4.42 Å². The van der Waals surface area contributed by atoms with Gasteiger partial charge in [-0.25, -0.2) is 0 Å². The zero-order valence-corrected chi connectivity index (χ0v) is 13.4. The Morgan fingerprint density at radius 3 is 2.39 bits per heavy atom. The van der Waals surface area contributed by atoms with Crippen LogP contribution < -0.4 is 0 Å². The third kappa shape index (κ3) is 3.83. The summed E-state index contributed by atoms with van der Waals surface area (Å²) in [5.74, 6) is 0. The lowest BCUT2D eigenvalue weighted by Gasteiger charge is -2.49. The minimum Gasteiger partial charge on any atom is -0.359 e. The maximum absolute atomic E-state index is 6.49. The minimum absolute atomic E-state index is 0.0176. The minimum atomic E-state index is -0.323. The fraction of sp³-hybridized carbons (Fsp3) is 1.00. The van der Waals surface area contributed by atoms with Crippen LogP contribution in [0, 0.1) is 0 Å². The van der Waals surface area contributed by atoms with Crippen molar-refractivity contribution in [3.05, 3.63) is 0 Å². The van der Waals surface area contributed by atoms with Gasteiger partial charge in [0, 0.05) is 5.54 Å². The van der Waals surface area contributed by atoms with E-state index in [1.54, 1.807) is 0 Å². The molecule has 1 rings (SSSR count). The van der Waals surface area contributed by atoms with Crippen LogP contribution in [0.2, 0.25) is 0 Å². The van der Waals surface area contributed by atoms with Crippen molar-refractivity contribution >= 4 is 11.8 Å². The average Bonchev–Trinajstić information content (AvgIpc) is 2.32. The fourth-order valence-electron chi connectivity index (χ4n) is 2.66. The lowest BCUT2D eigenvalue weighted by Crippen LogP contribution is -2.57. The van der Waals surface area contributed by atoms with E-state index in [1.165, 1.54) is 0 Å². The van der Waals surface area contributed by atoms with Gasteiger partial charge in [-0.15, -0.1) is 0 Å². The number of rotatable bonds is 6. The second-order valence-corrected chi connectivity index (χ2v) is 6.34. The predicted octanol–water partition coefficient (Wildman–Crippen LogP) is 3.48. The van der Waals surface area contributed by atoms with Crippen LogP contribution in [0.15, 0.2) is 0 Å². The Kier molecular flexibility index (Phi) is 5.91. The molecule has 0 amide bonds. The van der Waals surface area contributed by atoms with Crippen LogP contribution >= 0.6 is 11.8 Å². The second kappa shape index (κ2) is 6.56. The third-order valence-electron chi connectivity index (χ3n) is 4.08. The normalized spacial score (nSPS) is 28.8. The summed E-state index contributed by atoms with van der Waals surface area (Å²) < 4.78 is 7.83. The summed E-state index contributed by atoms with van der Waals surface area (Å²) >= 11 is 6.49. The van der Waals surface area contributed by atoms with E-state index in [-0.39, 0.29) is 11.3 Å². The molecule has 1 unspecified atom stereocenters. The van der Waals surface area contributed by atoms with Gasteiger partial charge >= 0.3 is 0 Å². The lowest BCUT2D eigenvalue weighted by molar-refractivity contribution is -0.182. The molecule has 0 aliphatic carbocycles. The summed E-state index contributed by atoms with van der Waals surface area (Å²) in [7, 11) is 0. The highest BCUT2D eigenvalue weighted by Gasteiger charge is 2.44. The van der Waals surface area contributed by atoms with Gasteiger partial charge in [0.15, 0.2) is 0 Å². The van der Waals surface area contributed by atoms with Crippen LogP contribution in [0.25, 0.3) is 0 Å². The SMILES string of the molecule is CCN(CC)CCCC1(C)OCCC(C)(C)N1Cl. The van der Waals surface area contributed by atoms with Crippen LogP contribution in [0.5, 0.6) is 0 Å². The topological polar surface area (TPSA) is 15.7 Å². The number of hydrogen-bond acceptors (Lipinski definition) is 3. The van der Waals surface area contributed by atoms with E-state index in [0.717, 1.165) is 45.5 Å². The molecule has 1 aliphatic rings. The quantitative estimate of drug-likeness (QED) is 0.691. The Balaban J connectivity index is 2.48. The Bertz CT molecular complexity index is 256. The summed E-state index contributed by atoms with van der Waals surface area (Å²) in [6, 6.07) is 0. The maximum Gasteiger partial charge on any atom is 0.132 e. The van der Waals surface area contributed by atoms with Crippen LogP contribution in [0.3, 0.4) is 0 Å². The third-order valence-corrected chi connectivity index (χ3v) is 4.90. The van der Waals surface area contributed by atoms with Gasteiger partial charge in [0.1, 0.15) is 5.72 Å². The smallest absolute Gasteiger partial charge is 0.132 e. The highest BCUT2D eigenvalue weighted by molar-refractivity contribution is 6.14. The number of ether oxygens (including phenoxy) is 1. The Labute approximate surface area is 118 Å². The Morgan fingerprint density at radius 1 is 1.22 bits per heavy atom. The van der Waals surface area contributed by atoms with Gasteiger partial charge in [-0.1, -0.05) is 13.8 Å². The first kappa shape index (κ1) is 16.2. The van der Waals surface area contributed by atoms with Crippen molar-refractivity contribution in [1.82, 2.24) is 9.32 Å². The average molecular weight is 277 g/mol. The molecule has 0 spiro atoms. The fourth-order valence-corrected chi connectivity index (χ4v) is 2.87. The molecule has 1 fully saturated rings. The molecule has 0 aromatic carbocycles. The van der Waals surface area contributed by atoms with Crippen molar-refractivity contribution in [2.24, 2.45) is 0 Å². The molecular formula is C14H29ClN2O. The standard InChI is InChI=1S/C14H29ClN2O/c1-6-16(7-2)11-8-9-14(5)17(15)13(3,4)10-12-18-14/h6-12H2,1-5H3. The second-order valence-electron chi connectivity index (χ2n) is 6.00. The summed E-state index contributed by atoms with van der Waals surface area (Å²) in [5.41, 5.74) is -0.305. The van der Waals surface area contributed by atoms with Gasteiger partial charge in [-0.2, -0.15) is 4.42 Å². The zero-order chi connectivity index (χ0) is 13.8. The Morgan fingerprint density at radius 2 is 1.83 bits per heavy atom. The van der Waals surface area contributed by atoms with Crippen LogP contribution in [0.4, 0.5) is 0 Å². The molecule has 1 heterocycles. The monoisotopic (exact) mass is 276 g/mol. The molecule has 3 nitrogen and oxygen atoms in total. The molecule has 0 aromatic rings. The molecule has 0 aromatic heterocycles. The molecule has 0 N–H and O–H groups in total. The van der Waals surface area contributed by atoms with Gasteiger partial charge in [0.25, 0.3) is 0 Å². The number of halogens is 1. The molecule has 0 bridgehead atoms. The van der Waals surface area contributed by atoms with Gasteiger partial charge in [0.05, 0.1) is 6.61 Å². The largest absolute Gasteiger partial charge is 0.359 e. The van der Waals surface area contributed by atoms with Gasteiger partial charge in [0.2, 0.25) is 0 Å². The van der Waals surface area contributed by atoms with Crippen molar-refractivity contribution in [3.63, 3.8) is 0 Å². The van der Waals surface area contributed by atoms with E-state index in [9.17, 15) is 0 Å². The first-order valence-corrected chi connectivity index (χ1v) is 7.52. The lowest BCUT2D eigenvalue weighted by atomic mass is 9.94. The molecule has 1 aliphatic heterocycles. The van der Waals surface area contributed by atoms with Crippen LogP contribution in [-0.2, 0) is 4.74 Å². The van der Waals surface area contributed by atoms with Gasteiger partial charge < -0.3 is 9.64 Å². The van der Waals surface area contributed by atoms with Crippen molar-refractivity contribution in [1.29, 1.82) is 0 Å². The first-order valence-electron chi connectivity index (χ1n) is 7.18. The van der Waals surface area contributed by atoms with Gasteiger partial charge in [-0.05, 0) is 71.4 Å². The van der Waals surface area contributed by atoms with Crippen molar-refractivity contribution in [2.45, 2.75) is 65.1 Å². The highest BCUT2D eigenvalue weighted by Crippen LogP contribution is 2.38. The number of nitrogens with zero attached hydrogens (tertiary/aromatic N) is 2. The molecule has 1 atom stereocenters. The van der Waals surface area contributed by atoms with Crippen molar-refractivity contribution in [3.8, 4) is 0 Å². The van der Waals surface area contributed by atoms with Crippen molar-refractivity contribution in [2.75, 3.05) is 26.2 Å². The number of hydrogen-bond donors (Lipinski definition) is 0. The van der Waals surface area contributed by atoms with E-state index in [2.05, 4.69) is 39.5 Å². The first-order chi connectivity index (χ1) is 8.35. The van der Waals surface area contributed by atoms with Crippen LogP contribution in [0.1, 0.15) is 53.9 Å². The summed E-state index contributed by atoms with van der Waals surface area (Å²) in [5, 5.41) is 0. The summed E-state index contributed by atoms with van der Waals surface area (Å²) in [4.78, 5) is 2.44. The van der Waals surface area contributed by atoms with E-state index in [0.29, 0.717) is 0 Å². The van der Waals surface area contributed by atoms with E-state index < -0.39 is 0 Å². The summed E-state index contributed by atoms with van der Waals surface area (Å²) in [6.07, 6.45) is 3.09. The molecule has 1 saturated heterocycles. The van der Waals surface area contributed by atoms with Crippen molar-refractivity contribution < 1.29 is 4.74 Å². The molecule has 4 heteroatoms. The van der Waals surface area contributed by atoms with Crippen LogP contribution in [-0.4, -0.2) is 46.8 Å². The van der Waals surface area contributed by atoms with E-state index in [4.69, 9.17) is 16.5 Å².